The van der Waals surface area contributed by atoms with Crippen molar-refractivity contribution in [2.45, 2.75) is 39.5 Å². The molecule has 1 aromatic heterocycles. The summed E-state index contributed by atoms with van der Waals surface area (Å²) in [5.74, 6) is -0.152. The summed E-state index contributed by atoms with van der Waals surface area (Å²) in [6.45, 7) is 6.00. The molecule has 0 saturated carbocycles. The molecule has 1 heterocycles. The lowest BCUT2D eigenvalue weighted by Gasteiger charge is -2.22. The second kappa shape index (κ2) is 8.57. The number of H-pyrrole nitrogens is 1. The molecule has 126 valence electrons. The number of nitrogens with zero attached hydrogens (tertiary/aromatic N) is 1. The molecule has 0 bridgehead atoms. The van der Waals surface area contributed by atoms with Crippen molar-refractivity contribution in [3.05, 3.63) is 33.9 Å². The average molecular weight is 356 g/mol. The Labute approximate surface area is 147 Å². The molecule has 1 amide bonds. The van der Waals surface area contributed by atoms with Gasteiger partial charge in [0.25, 0.3) is 5.91 Å². The summed E-state index contributed by atoms with van der Waals surface area (Å²) in [5.41, 5.74) is 4.24. The van der Waals surface area contributed by atoms with E-state index < -0.39 is 0 Å². The van der Waals surface area contributed by atoms with Gasteiger partial charge in [-0.15, -0.1) is 0 Å². The van der Waals surface area contributed by atoms with Crippen LogP contribution in [0.1, 0.15) is 50.0 Å². The van der Waals surface area contributed by atoms with Crippen molar-refractivity contribution in [2.24, 2.45) is 0 Å². The van der Waals surface area contributed by atoms with Crippen LogP contribution in [0.4, 0.5) is 0 Å². The second-order valence-electron chi connectivity index (χ2n) is 5.67. The van der Waals surface area contributed by atoms with Crippen molar-refractivity contribution in [1.82, 2.24) is 15.4 Å². The van der Waals surface area contributed by atoms with Crippen LogP contribution in [0, 0.1) is 0 Å². The van der Waals surface area contributed by atoms with Crippen molar-refractivity contribution < 1.29 is 4.79 Å². The minimum atomic E-state index is -0.152. The Morgan fingerprint density at radius 1 is 1.13 bits per heavy atom. The molecule has 0 aliphatic heterocycles. The van der Waals surface area contributed by atoms with Crippen molar-refractivity contribution in [3.63, 3.8) is 0 Å². The van der Waals surface area contributed by atoms with E-state index in [2.05, 4.69) is 24.3 Å². The van der Waals surface area contributed by atoms with Crippen molar-refractivity contribution in [3.8, 4) is 0 Å². The number of rotatable bonds is 8. The summed E-state index contributed by atoms with van der Waals surface area (Å²) >= 11 is 12.2. The quantitative estimate of drug-likeness (QED) is 0.653. The maximum atomic E-state index is 12.5. The molecule has 23 heavy (non-hydrogen) atoms. The molecule has 0 aliphatic carbocycles. The predicted molar refractivity (Wildman–Crippen MR) is 97.2 cm³/mol. The minimum absolute atomic E-state index is 0.152. The molecule has 2 N–H and O–H groups in total. The van der Waals surface area contributed by atoms with E-state index in [1.54, 1.807) is 18.2 Å². The fraction of sp³-hybridized carbons (Fsp3) is 0.471. The summed E-state index contributed by atoms with van der Waals surface area (Å²) in [6.07, 6.45) is 4.30. The fourth-order valence-electron chi connectivity index (χ4n) is 2.41. The largest absolute Gasteiger partial charge is 0.350 e. The van der Waals surface area contributed by atoms with Gasteiger partial charge in [0, 0.05) is 29.0 Å². The molecule has 0 atom stereocenters. The molecule has 0 radical (unpaired) electrons. The number of aromatic amines is 1. The Morgan fingerprint density at radius 2 is 1.78 bits per heavy atom. The Balaban J connectivity index is 2.13. The summed E-state index contributed by atoms with van der Waals surface area (Å²) in [7, 11) is 0. The Morgan fingerprint density at radius 3 is 2.39 bits per heavy atom. The molecule has 0 unspecified atom stereocenters. The molecule has 2 rings (SSSR count). The molecule has 1 aromatic carbocycles. The van der Waals surface area contributed by atoms with Gasteiger partial charge < -0.3 is 4.98 Å². The van der Waals surface area contributed by atoms with Crippen molar-refractivity contribution in [1.29, 1.82) is 0 Å². The predicted octanol–water partition coefficient (Wildman–Crippen LogP) is 5.02. The molecule has 2 aromatic rings. The number of aromatic nitrogens is 1. The number of carbonyl (C=O) groups excluding carboxylic acids is 1. The third-order valence-electron chi connectivity index (χ3n) is 3.72. The number of nitrogens with one attached hydrogen (secondary N) is 2. The standard InChI is InChI=1S/C17H23Cl2N3O/c1-3-5-7-22(8-6-4-2)21-17(23)16-11-13-14(19)9-12(18)10-15(13)20-16/h9-11,20H,3-8H2,1-2H3,(H,21,23). The Hall–Kier alpha value is -1.23. The first-order valence-corrected chi connectivity index (χ1v) is 8.84. The highest BCUT2D eigenvalue weighted by Gasteiger charge is 2.14. The van der Waals surface area contributed by atoms with Crippen LogP contribution in [0.15, 0.2) is 18.2 Å². The van der Waals surface area contributed by atoms with Gasteiger partial charge in [-0.3, -0.25) is 10.2 Å². The summed E-state index contributed by atoms with van der Waals surface area (Å²) in [6, 6.07) is 5.21. The van der Waals surface area contributed by atoms with E-state index in [0.717, 1.165) is 49.7 Å². The van der Waals surface area contributed by atoms with Crippen LogP contribution in [0.25, 0.3) is 10.9 Å². The van der Waals surface area contributed by atoms with Gasteiger partial charge in [-0.25, -0.2) is 5.01 Å². The van der Waals surface area contributed by atoms with Crippen LogP contribution in [-0.2, 0) is 0 Å². The first kappa shape index (κ1) is 18.1. The fourth-order valence-corrected chi connectivity index (χ4v) is 2.96. The van der Waals surface area contributed by atoms with E-state index in [1.165, 1.54) is 0 Å². The lowest BCUT2D eigenvalue weighted by atomic mass is 10.2. The second-order valence-corrected chi connectivity index (χ2v) is 6.51. The zero-order chi connectivity index (χ0) is 16.8. The third kappa shape index (κ3) is 4.87. The highest BCUT2D eigenvalue weighted by Crippen LogP contribution is 2.28. The van der Waals surface area contributed by atoms with Crippen LogP contribution < -0.4 is 5.43 Å². The van der Waals surface area contributed by atoms with Gasteiger partial charge in [0.2, 0.25) is 0 Å². The van der Waals surface area contributed by atoms with Gasteiger partial charge in [-0.05, 0) is 31.0 Å². The van der Waals surface area contributed by atoms with E-state index in [9.17, 15) is 4.79 Å². The van der Waals surface area contributed by atoms with Crippen LogP contribution in [0.2, 0.25) is 10.0 Å². The number of amides is 1. The number of hydrogen-bond donors (Lipinski definition) is 2. The number of halogens is 2. The van der Waals surface area contributed by atoms with Gasteiger partial charge in [0.05, 0.1) is 5.02 Å². The first-order valence-electron chi connectivity index (χ1n) is 8.08. The third-order valence-corrected chi connectivity index (χ3v) is 4.25. The number of unbranched alkanes of at least 4 members (excludes halogenated alkanes) is 2. The maximum Gasteiger partial charge on any atom is 0.282 e. The van der Waals surface area contributed by atoms with E-state index in [4.69, 9.17) is 23.2 Å². The molecular weight excluding hydrogens is 333 g/mol. The van der Waals surface area contributed by atoms with Gasteiger partial charge in [-0.1, -0.05) is 49.9 Å². The smallest absolute Gasteiger partial charge is 0.282 e. The topological polar surface area (TPSA) is 48.1 Å². The average Bonchev–Trinajstić information content (AvgIpc) is 2.94. The maximum absolute atomic E-state index is 12.5. The number of benzene rings is 1. The number of hydrogen-bond acceptors (Lipinski definition) is 2. The number of hydrazine groups is 1. The zero-order valence-corrected chi connectivity index (χ0v) is 15.1. The highest BCUT2D eigenvalue weighted by atomic mass is 35.5. The van der Waals surface area contributed by atoms with Gasteiger partial charge in [0.1, 0.15) is 5.69 Å². The number of carbonyl (C=O) groups is 1. The first-order chi connectivity index (χ1) is 11.0. The van der Waals surface area contributed by atoms with Gasteiger partial charge >= 0.3 is 0 Å². The van der Waals surface area contributed by atoms with Crippen molar-refractivity contribution >= 4 is 40.0 Å². The van der Waals surface area contributed by atoms with Gasteiger partial charge in [-0.2, -0.15) is 0 Å². The van der Waals surface area contributed by atoms with E-state index in [0.29, 0.717) is 15.7 Å². The molecule has 4 nitrogen and oxygen atoms in total. The minimum Gasteiger partial charge on any atom is -0.350 e. The van der Waals surface area contributed by atoms with Crippen LogP contribution in [0.3, 0.4) is 0 Å². The molecule has 0 saturated heterocycles. The summed E-state index contributed by atoms with van der Waals surface area (Å²) in [4.78, 5) is 15.6. The Kier molecular flexibility index (Phi) is 6.75. The SMILES string of the molecule is CCCCN(CCCC)NC(=O)c1cc2c(Cl)cc(Cl)cc2[nH]1. The molecule has 0 aliphatic rings. The molecule has 0 fully saturated rings. The van der Waals surface area contributed by atoms with Crippen molar-refractivity contribution in [2.75, 3.05) is 13.1 Å². The molecular formula is C17H23Cl2N3O. The summed E-state index contributed by atoms with van der Waals surface area (Å²) < 4.78 is 0. The molecule has 6 heteroatoms. The lowest BCUT2D eigenvalue weighted by Crippen LogP contribution is -2.43. The van der Waals surface area contributed by atoms with Crippen LogP contribution in [-0.4, -0.2) is 29.0 Å². The van der Waals surface area contributed by atoms with E-state index in [1.807, 2.05) is 5.01 Å². The lowest BCUT2D eigenvalue weighted by molar-refractivity contribution is 0.0778. The van der Waals surface area contributed by atoms with E-state index in [-0.39, 0.29) is 5.91 Å². The van der Waals surface area contributed by atoms with E-state index >= 15 is 0 Å². The number of fused-ring (bicyclic) bond motifs is 1. The monoisotopic (exact) mass is 355 g/mol. The zero-order valence-electron chi connectivity index (χ0n) is 13.6. The highest BCUT2D eigenvalue weighted by molar-refractivity contribution is 6.38. The van der Waals surface area contributed by atoms with Crippen LogP contribution in [0.5, 0.6) is 0 Å². The Bertz CT molecular complexity index is 661. The normalized spacial score (nSPS) is 11.3. The molecule has 0 spiro atoms. The van der Waals surface area contributed by atoms with Gasteiger partial charge in [0.15, 0.2) is 0 Å². The summed E-state index contributed by atoms with van der Waals surface area (Å²) in [5, 5.41) is 3.88. The van der Waals surface area contributed by atoms with Crippen LogP contribution >= 0.6 is 23.2 Å².